The van der Waals surface area contributed by atoms with Crippen molar-refractivity contribution in [2.45, 2.75) is 38.0 Å². The lowest BCUT2D eigenvalue weighted by Gasteiger charge is -2.38. The van der Waals surface area contributed by atoms with Gasteiger partial charge >= 0.3 is 12.5 Å². The summed E-state index contributed by atoms with van der Waals surface area (Å²) < 4.78 is 157. The van der Waals surface area contributed by atoms with Gasteiger partial charge in [0.15, 0.2) is 17.9 Å². The molecule has 0 N–H and O–H groups in total. The van der Waals surface area contributed by atoms with Gasteiger partial charge in [0.05, 0.1) is 13.2 Å². The third-order valence-electron chi connectivity index (χ3n) is 7.08. The molecule has 2 fully saturated rings. The predicted octanol–water partition coefficient (Wildman–Crippen LogP) is 8.54. The zero-order valence-corrected chi connectivity index (χ0v) is 21.2. The van der Waals surface area contributed by atoms with E-state index in [1.54, 1.807) is 0 Å². The summed E-state index contributed by atoms with van der Waals surface area (Å²) in [5, 5.41) is 0. The van der Waals surface area contributed by atoms with Crippen LogP contribution < -0.4 is 9.47 Å². The average molecular weight is 610 g/mol. The number of benzene rings is 3. The van der Waals surface area contributed by atoms with Gasteiger partial charge in [-0.05, 0) is 29.7 Å². The van der Waals surface area contributed by atoms with Gasteiger partial charge in [0, 0.05) is 29.2 Å². The zero-order valence-electron chi connectivity index (χ0n) is 21.2. The molecule has 4 nitrogen and oxygen atoms in total. The number of halogens is 10. The van der Waals surface area contributed by atoms with E-state index in [0.717, 1.165) is 31.4 Å². The summed E-state index contributed by atoms with van der Waals surface area (Å²) in [4.78, 5) is 0. The highest BCUT2D eigenvalue weighted by molar-refractivity contribution is 5.65. The van der Waals surface area contributed by atoms with Crippen molar-refractivity contribution in [3.63, 3.8) is 0 Å². The Bertz CT molecular complexity index is 1420. The first kappa shape index (κ1) is 30.0. The van der Waals surface area contributed by atoms with Gasteiger partial charge < -0.3 is 18.9 Å². The molecule has 5 rings (SSSR count). The second-order valence-electron chi connectivity index (χ2n) is 9.89. The first-order chi connectivity index (χ1) is 19.7. The van der Waals surface area contributed by atoms with Crippen molar-refractivity contribution in [2.24, 2.45) is 11.8 Å². The molecule has 0 amide bonds. The second-order valence-corrected chi connectivity index (χ2v) is 9.89. The molecule has 1 aliphatic carbocycles. The standard InChI is InChI=1S/C28H20F10O4/c29-19-6-14(26-39-11-16(12-40-26)13-2-1-3-13)4-5-18(19)15-7-20(30)24(21(31)8-15)27(34,35)41-17-9-22(32)25(23(33)10-17)42-28(36,37)38/h4-10,13,16,26H,1-3,11-12H2. The molecule has 14 heteroatoms. The number of rotatable bonds is 7. The van der Waals surface area contributed by atoms with Crippen LogP contribution in [-0.4, -0.2) is 19.6 Å². The van der Waals surface area contributed by atoms with E-state index < -0.39 is 70.5 Å². The Morgan fingerprint density at radius 3 is 1.76 bits per heavy atom. The van der Waals surface area contributed by atoms with Gasteiger partial charge in [0.2, 0.25) is 5.75 Å². The summed E-state index contributed by atoms with van der Waals surface area (Å²) in [5.41, 5.74) is -2.51. The normalized spacial score (nSPS) is 19.9. The van der Waals surface area contributed by atoms with E-state index in [0.29, 0.717) is 36.8 Å². The molecule has 3 aromatic rings. The molecule has 1 heterocycles. The van der Waals surface area contributed by atoms with Crippen LogP contribution >= 0.6 is 0 Å². The van der Waals surface area contributed by atoms with E-state index in [1.165, 1.54) is 6.07 Å². The van der Waals surface area contributed by atoms with Crippen LogP contribution in [0.3, 0.4) is 0 Å². The first-order valence-electron chi connectivity index (χ1n) is 12.6. The van der Waals surface area contributed by atoms with Gasteiger partial charge in [0.1, 0.15) is 28.8 Å². The molecule has 0 spiro atoms. The number of hydrogen-bond acceptors (Lipinski definition) is 4. The molecule has 1 aliphatic heterocycles. The Morgan fingerprint density at radius 2 is 1.26 bits per heavy atom. The fourth-order valence-electron chi connectivity index (χ4n) is 4.82. The second kappa shape index (κ2) is 11.3. The zero-order chi connectivity index (χ0) is 30.4. The van der Waals surface area contributed by atoms with E-state index in [2.05, 4.69) is 9.47 Å². The highest BCUT2D eigenvalue weighted by Gasteiger charge is 2.42. The predicted molar refractivity (Wildman–Crippen MR) is 125 cm³/mol. The van der Waals surface area contributed by atoms with Crippen molar-refractivity contribution >= 4 is 0 Å². The van der Waals surface area contributed by atoms with Crippen molar-refractivity contribution in [3.05, 3.63) is 82.7 Å². The third-order valence-corrected chi connectivity index (χ3v) is 7.08. The Hall–Kier alpha value is -3.52. The van der Waals surface area contributed by atoms with Crippen molar-refractivity contribution in [2.75, 3.05) is 13.2 Å². The summed E-state index contributed by atoms with van der Waals surface area (Å²) in [6.07, 6.45) is -7.92. The molecule has 42 heavy (non-hydrogen) atoms. The fourth-order valence-corrected chi connectivity index (χ4v) is 4.82. The minimum atomic E-state index is -5.50. The maximum atomic E-state index is 15.0. The lowest BCUT2D eigenvalue weighted by Crippen LogP contribution is -2.35. The monoisotopic (exact) mass is 610 g/mol. The smallest absolute Gasteiger partial charge is 0.429 e. The molecule has 1 saturated heterocycles. The quantitative estimate of drug-likeness (QED) is 0.252. The van der Waals surface area contributed by atoms with Crippen molar-refractivity contribution in [1.82, 2.24) is 0 Å². The van der Waals surface area contributed by atoms with Crippen LogP contribution in [0.1, 0.15) is 36.7 Å². The Labute approximate surface area is 231 Å². The Balaban J connectivity index is 1.34. The van der Waals surface area contributed by atoms with Crippen LogP contribution in [0, 0.1) is 40.9 Å². The molecule has 1 saturated carbocycles. The maximum absolute atomic E-state index is 15.0. The summed E-state index contributed by atoms with van der Waals surface area (Å²) in [6, 6.07) is 4.19. The Kier molecular flexibility index (Phi) is 8.05. The molecule has 3 aromatic carbocycles. The lowest BCUT2D eigenvalue weighted by atomic mass is 9.76. The van der Waals surface area contributed by atoms with E-state index >= 15 is 0 Å². The van der Waals surface area contributed by atoms with Gasteiger partial charge in [-0.2, -0.15) is 8.78 Å². The van der Waals surface area contributed by atoms with Crippen LogP contribution in [0.15, 0.2) is 42.5 Å². The minimum Gasteiger partial charge on any atom is -0.429 e. The first-order valence-corrected chi connectivity index (χ1v) is 12.6. The van der Waals surface area contributed by atoms with Crippen LogP contribution in [0.5, 0.6) is 11.5 Å². The maximum Gasteiger partial charge on any atom is 0.573 e. The lowest BCUT2D eigenvalue weighted by molar-refractivity contribution is -0.276. The summed E-state index contributed by atoms with van der Waals surface area (Å²) in [5.74, 6) is -11.5. The number of hydrogen-bond donors (Lipinski definition) is 0. The summed E-state index contributed by atoms with van der Waals surface area (Å²) >= 11 is 0. The van der Waals surface area contributed by atoms with Crippen molar-refractivity contribution in [3.8, 4) is 22.6 Å². The van der Waals surface area contributed by atoms with Crippen molar-refractivity contribution < 1.29 is 62.9 Å². The summed E-state index contributed by atoms with van der Waals surface area (Å²) in [6.45, 7) is 0.856. The van der Waals surface area contributed by atoms with Crippen LogP contribution in [-0.2, 0) is 15.6 Å². The largest absolute Gasteiger partial charge is 0.573 e. The minimum absolute atomic E-state index is 0.0909. The highest BCUT2D eigenvalue weighted by Crippen LogP contribution is 2.41. The molecule has 0 bridgehead atoms. The Morgan fingerprint density at radius 1 is 0.667 bits per heavy atom. The van der Waals surface area contributed by atoms with Crippen LogP contribution in [0.2, 0.25) is 0 Å². The molecule has 0 atom stereocenters. The van der Waals surface area contributed by atoms with E-state index in [9.17, 15) is 43.9 Å². The average Bonchev–Trinajstić information content (AvgIpc) is 2.84. The van der Waals surface area contributed by atoms with Crippen LogP contribution in [0.25, 0.3) is 11.1 Å². The van der Waals surface area contributed by atoms with Crippen molar-refractivity contribution in [1.29, 1.82) is 0 Å². The molecule has 0 aromatic heterocycles. The van der Waals surface area contributed by atoms with Gasteiger partial charge in [-0.15, -0.1) is 13.2 Å². The van der Waals surface area contributed by atoms with Gasteiger partial charge in [-0.1, -0.05) is 31.4 Å². The molecular weight excluding hydrogens is 590 g/mol. The van der Waals surface area contributed by atoms with Gasteiger partial charge in [-0.3, -0.25) is 0 Å². The third kappa shape index (κ3) is 6.28. The van der Waals surface area contributed by atoms with E-state index in [1.807, 2.05) is 0 Å². The summed E-state index contributed by atoms with van der Waals surface area (Å²) in [7, 11) is 0. The van der Waals surface area contributed by atoms with E-state index in [4.69, 9.17) is 9.47 Å². The molecule has 2 aliphatic rings. The SMILES string of the molecule is Fc1cc(C2OCC(C3CCC3)CO2)ccc1-c1cc(F)c(C(F)(F)Oc2cc(F)c(OC(F)(F)F)c(F)c2)c(F)c1. The molecular formula is C28H20F10O4. The van der Waals surface area contributed by atoms with Crippen LogP contribution in [0.4, 0.5) is 43.9 Å². The number of ether oxygens (including phenoxy) is 4. The van der Waals surface area contributed by atoms with E-state index in [-0.39, 0.29) is 23.6 Å². The van der Waals surface area contributed by atoms with Gasteiger partial charge in [-0.25, -0.2) is 22.0 Å². The number of alkyl halides is 5. The highest BCUT2D eigenvalue weighted by atomic mass is 19.4. The molecule has 226 valence electrons. The molecule has 0 radical (unpaired) electrons. The molecule has 0 unspecified atom stereocenters. The fraction of sp³-hybridized carbons (Fsp3) is 0.357. The topological polar surface area (TPSA) is 36.9 Å². The van der Waals surface area contributed by atoms with Gasteiger partial charge in [0.25, 0.3) is 0 Å².